The second kappa shape index (κ2) is 5.59. The Labute approximate surface area is 74.9 Å². The van der Waals surface area contributed by atoms with E-state index >= 15 is 0 Å². The highest BCUT2D eigenvalue weighted by Crippen LogP contribution is 2.02. The van der Waals surface area contributed by atoms with Crippen molar-refractivity contribution in [2.24, 2.45) is 0 Å². The fraction of sp³-hybridized carbons (Fsp3) is 0.333. The standard InChI is InChI=1S/C12H15/c1-2-3-4-6-9-12-10-7-5-8-11-12/h3-5,7,10-11H,2,6,9H2,1H3. The lowest BCUT2D eigenvalue weighted by atomic mass is 10.1. The molecule has 0 heteroatoms. The van der Waals surface area contributed by atoms with Crippen LogP contribution in [0.15, 0.2) is 36.4 Å². The van der Waals surface area contributed by atoms with Gasteiger partial charge in [0.05, 0.1) is 0 Å². The predicted molar refractivity (Wildman–Crippen MR) is 53.0 cm³/mol. The molecule has 0 aliphatic heterocycles. The van der Waals surface area contributed by atoms with Crippen molar-refractivity contribution >= 4 is 0 Å². The molecule has 1 aromatic carbocycles. The summed E-state index contributed by atoms with van der Waals surface area (Å²) >= 11 is 0. The van der Waals surface area contributed by atoms with Gasteiger partial charge in [-0.3, -0.25) is 0 Å². The van der Waals surface area contributed by atoms with E-state index in [9.17, 15) is 0 Å². The molecule has 1 rings (SSSR count). The van der Waals surface area contributed by atoms with Crippen LogP contribution in [0.5, 0.6) is 0 Å². The van der Waals surface area contributed by atoms with E-state index in [2.05, 4.69) is 37.3 Å². The van der Waals surface area contributed by atoms with Crippen LogP contribution in [0.1, 0.15) is 25.3 Å². The Morgan fingerprint density at radius 3 is 3.00 bits per heavy atom. The summed E-state index contributed by atoms with van der Waals surface area (Å²) < 4.78 is 0. The maximum absolute atomic E-state index is 3.08. The quantitative estimate of drug-likeness (QED) is 0.591. The van der Waals surface area contributed by atoms with Gasteiger partial charge in [0, 0.05) is 0 Å². The van der Waals surface area contributed by atoms with Crippen LogP contribution in [0, 0.1) is 6.07 Å². The van der Waals surface area contributed by atoms with Gasteiger partial charge in [0.2, 0.25) is 0 Å². The molecule has 0 aromatic heterocycles. The van der Waals surface area contributed by atoms with E-state index in [-0.39, 0.29) is 0 Å². The first-order chi connectivity index (χ1) is 5.93. The Hall–Kier alpha value is -1.04. The second-order valence-corrected chi connectivity index (χ2v) is 2.83. The third-order valence-electron chi connectivity index (χ3n) is 1.77. The zero-order valence-electron chi connectivity index (χ0n) is 7.59. The Morgan fingerprint density at radius 2 is 2.33 bits per heavy atom. The van der Waals surface area contributed by atoms with Crippen LogP contribution >= 0.6 is 0 Å². The Bertz CT molecular complexity index is 221. The molecule has 0 unspecified atom stereocenters. The van der Waals surface area contributed by atoms with Crippen LogP contribution < -0.4 is 0 Å². The molecule has 0 spiro atoms. The lowest BCUT2D eigenvalue weighted by molar-refractivity contribution is 0.992. The lowest BCUT2D eigenvalue weighted by Crippen LogP contribution is -1.80. The van der Waals surface area contributed by atoms with E-state index < -0.39 is 0 Å². The van der Waals surface area contributed by atoms with Crippen LogP contribution in [0.4, 0.5) is 0 Å². The molecule has 12 heavy (non-hydrogen) atoms. The molecule has 0 fully saturated rings. The lowest BCUT2D eigenvalue weighted by Gasteiger charge is -1.95. The summed E-state index contributed by atoms with van der Waals surface area (Å²) in [4.78, 5) is 0. The van der Waals surface area contributed by atoms with Crippen LogP contribution in [-0.2, 0) is 6.42 Å². The molecule has 0 N–H and O–H groups in total. The molecule has 0 atom stereocenters. The number of benzene rings is 1. The van der Waals surface area contributed by atoms with Gasteiger partial charge < -0.3 is 0 Å². The first-order valence-corrected chi connectivity index (χ1v) is 4.53. The van der Waals surface area contributed by atoms with Crippen molar-refractivity contribution < 1.29 is 0 Å². The van der Waals surface area contributed by atoms with Crippen LogP contribution in [-0.4, -0.2) is 0 Å². The van der Waals surface area contributed by atoms with Crippen molar-refractivity contribution in [3.05, 3.63) is 48.0 Å². The van der Waals surface area contributed by atoms with Gasteiger partial charge in [-0.1, -0.05) is 43.3 Å². The summed E-state index contributed by atoms with van der Waals surface area (Å²) in [5.74, 6) is 0. The predicted octanol–water partition coefficient (Wildman–Crippen LogP) is 3.39. The highest BCUT2D eigenvalue weighted by Gasteiger charge is 1.87. The summed E-state index contributed by atoms with van der Waals surface area (Å²) in [5.41, 5.74) is 1.37. The molecule has 1 radical (unpaired) electrons. The van der Waals surface area contributed by atoms with Gasteiger partial charge in [0.15, 0.2) is 0 Å². The van der Waals surface area contributed by atoms with Gasteiger partial charge in [-0.25, -0.2) is 0 Å². The third kappa shape index (κ3) is 3.38. The fourth-order valence-corrected chi connectivity index (χ4v) is 1.12. The summed E-state index contributed by atoms with van der Waals surface area (Å²) in [7, 11) is 0. The van der Waals surface area contributed by atoms with Crippen molar-refractivity contribution in [2.75, 3.05) is 0 Å². The minimum atomic E-state index is 1.13. The van der Waals surface area contributed by atoms with E-state index in [0.29, 0.717) is 0 Å². The topological polar surface area (TPSA) is 0 Å². The maximum Gasteiger partial charge on any atom is -0.0181 e. The van der Waals surface area contributed by atoms with Gasteiger partial charge in [0.1, 0.15) is 0 Å². The molecule has 0 aliphatic rings. The minimum absolute atomic E-state index is 1.13. The van der Waals surface area contributed by atoms with Crippen LogP contribution in [0.2, 0.25) is 0 Å². The van der Waals surface area contributed by atoms with Crippen LogP contribution in [0.3, 0.4) is 0 Å². The molecule has 0 heterocycles. The number of hydrogen-bond donors (Lipinski definition) is 0. The molecule has 0 bridgehead atoms. The zero-order chi connectivity index (χ0) is 8.65. The van der Waals surface area contributed by atoms with Crippen molar-refractivity contribution in [3.8, 4) is 0 Å². The molecular formula is C12H15. The summed E-state index contributed by atoms with van der Waals surface area (Å²) in [6.45, 7) is 2.16. The highest BCUT2D eigenvalue weighted by molar-refractivity contribution is 5.14. The largest absolute Gasteiger partial charge is 0.0888 e. The smallest absolute Gasteiger partial charge is 0.0181 e. The fourth-order valence-electron chi connectivity index (χ4n) is 1.12. The van der Waals surface area contributed by atoms with E-state index in [1.54, 1.807) is 0 Å². The molecule has 0 amide bonds. The summed E-state index contributed by atoms with van der Waals surface area (Å²) in [5, 5.41) is 0. The average Bonchev–Trinajstić information content (AvgIpc) is 2.14. The van der Waals surface area contributed by atoms with E-state index in [1.165, 1.54) is 5.56 Å². The first-order valence-electron chi connectivity index (χ1n) is 4.53. The van der Waals surface area contributed by atoms with Crippen molar-refractivity contribution in [1.82, 2.24) is 0 Å². The number of aryl methyl sites for hydroxylation is 1. The van der Waals surface area contributed by atoms with E-state index in [0.717, 1.165) is 19.3 Å². The summed E-state index contributed by atoms with van der Waals surface area (Å²) in [6, 6.07) is 11.3. The normalized spacial score (nSPS) is 10.8. The monoisotopic (exact) mass is 159 g/mol. The SMILES string of the molecule is CCC=CCCc1c[c]ccc1. The molecule has 0 aliphatic carbocycles. The zero-order valence-corrected chi connectivity index (χ0v) is 7.59. The van der Waals surface area contributed by atoms with Crippen molar-refractivity contribution in [3.63, 3.8) is 0 Å². The Morgan fingerprint density at radius 1 is 1.42 bits per heavy atom. The van der Waals surface area contributed by atoms with Gasteiger partial charge in [-0.05, 0) is 30.9 Å². The van der Waals surface area contributed by atoms with Gasteiger partial charge in [-0.15, -0.1) is 0 Å². The Kier molecular flexibility index (Phi) is 4.22. The molecule has 1 aromatic rings. The molecular weight excluding hydrogens is 144 g/mol. The van der Waals surface area contributed by atoms with Crippen LogP contribution in [0.25, 0.3) is 0 Å². The van der Waals surface area contributed by atoms with E-state index in [4.69, 9.17) is 0 Å². The van der Waals surface area contributed by atoms with E-state index in [1.807, 2.05) is 12.1 Å². The minimum Gasteiger partial charge on any atom is -0.0888 e. The first kappa shape index (κ1) is 9.05. The molecule has 0 saturated carbocycles. The number of hydrogen-bond acceptors (Lipinski definition) is 0. The maximum atomic E-state index is 3.08. The molecule has 63 valence electrons. The highest BCUT2D eigenvalue weighted by atomic mass is 13.9. The van der Waals surface area contributed by atoms with Crippen molar-refractivity contribution in [2.45, 2.75) is 26.2 Å². The third-order valence-corrected chi connectivity index (χ3v) is 1.77. The van der Waals surface area contributed by atoms with Gasteiger partial charge in [-0.2, -0.15) is 0 Å². The molecule has 0 saturated heterocycles. The van der Waals surface area contributed by atoms with Gasteiger partial charge in [0.25, 0.3) is 0 Å². The Balaban J connectivity index is 2.29. The number of rotatable bonds is 4. The summed E-state index contributed by atoms with van der Waals surface area (Å²) in [6.07, 6.45) is 7.88. The number of allylic oxidation sites excluding steroid dienone is 2. The van der Waals surface area contributed by atoms with Crippen molar-refractivity contribution in [1.29, 1.82) is 0 Å². The van der Waals surface area contributed by atoms with Gasteiger partial charge >= 0.3 is 0 Å². The second-order valence-electron chi connectivity index (χ2n) is 2.83. The average molecular weight is 159 g/mol. The molecule has 0 nitrogen and oxygen atoms in total.